The second-order valence-corrected chi connectivity index (χ2v) is 6.81. The lowest BCUT2D eigenvalue weighted by atomic mass is 9.96. The molecule has 0 bridgehead atoms. The molecule has 1 amide bonds. The van der Waals surface area contributed by atoms with Crippen molar-refractivity contribution in [3.8, 4) is 5.69 Å². The number of benzene rings is 1. The van der Waals surface area contributed by atoms with Crippen LogP contribution in [-0.4, -0.2) is 32.9 Å². The van der Waals surface area contributed by atoms with Gasteiger partial charge in [0.1, 0.15) is 11.5 Å². The quantitative estimate of drug-likeness (QED) is 0.885. The molecule has 24 heavy (non-hydrogen) atoms. The van der Waals surface area contributed by atoms with E-state index in [0.717, 1.165) is 24.2 Å². The predicted molar refractivity (Wildman–Crippen MR) is 88.7 cm³/mol. The van der Waals surface area contributed by atoms with Gasteiger partial charge in [-0.05, 0) is 63.8 Å². The Balaban J connectivity index is 1.84. The van der Waals surface area contributed by atoms with Gasteiger partial charge in [0.2, 0.25) is 0 Å². The van der Waals surface area contributed by atoms with Gasteiger partial charge in [-0.3, -0.25) is 4.79 Å². The molecule has 6 heteroatoms. The lowest BCUT2D eigenvalue weighted by molar-refractivity contribution is 0.0824. The van der Waals surface area contributed by atoms with Crippen LogP contribution in [0.2, 0.25) is 0 Å². The van der Waals surface area contributed by atoms with E-state index in [-0.39, 0.29) is 24.0 Å². The zero-order valence-electron chi connectivity index (χ0n) is 14.1. The van der Waals surface area contributed by atoms with Crippen molar-refractivity contribution in [3.63, 3.8) is 0 Å². The number of aryl methyl sites for hydroxylation is 2. The van der Waals surface area contributed by atoms with Crippen LogP contribution < -0.4 is 5.32 Å². The zero-order valence-corrected chi connectivity index (χ0v) is 14.1. The number of rotatable bonds is 5. The normalized spacial score (nSPS) is 16.7. The third kappa shape index (κ3) is 3.06. The molecule has 1 aliphatic rings. The molecule has 1 atom stereocenters. The maximum atomic E-state index is 14.5. The number of hydrogen-bond donors (Lipinski definition) is 2. The zero-order chi connectivity index (χ0) is 17.5. The summed E-state index contributed by atoms with van der Waals surface area (Å²) in [6.45, 7) is 5.39. The topological polar surface area (TPSA) is 67.2 Å². The number of aromatic nitrogens is 2. The first kappa shape index (κ1) is 16.6. The van der Waals surface area contributed by atoms with E-state index >= 15 is 0 Å². The van der Waals surface area contributed by atoms with Crippen molar-refractivity contribution in [3.05, 3.63) is 47.0 Å². The number of carbonyl (C=O) groups is 1. The van der Waals surface area contributed by atoms with E-state index in [0.29, 0.717) is 5.69 Å². The van der Waals surface area contributed by atoms with Crippen molar-refractivity contribution in [1.29, 1.82) is 0 Å². The molecule has 1 heterocycles. The highest BCUT2D eigenvalue weighted by molar-refractivity contribution is 5.95. The Bertz CT molecular complexity index is 783. The summed E-state index contributed by atoms with van der Waals surface area (Å²) < 4.78 is 16.0. The first-order valence-electron chi connectivity index (χ1n) is 8.10. The minimum atomic E-state index is -0.651. The van der Waals surface area contributed by atoms with E-state index in [9.17, 15) is 14.3 Å². The number of aliphatic hydroxyl groups excluding tert-OH is 1. The summed E-state index contributed by atoms with van der Waals surface area (Å²) in [6.07, 6.45) is 1.98. The molecule has 5 nitrogen and oxygen atoms in total. The standard InChI is InChI=1S/C18H22FN3O2/c1-11-8-12(2)22(21-11)16-7-4-13(9-15(16)19)17(24)20-18(3,10-23)14-5-6-14/h4,7-9,14,23H,5-6,10H2,1-3H3,(H,20,24). The molecule has 0 radical (unpaired) electrons. The molecule has 1 saturated carbocycles. The van der Waals surface area contributed by atoms with Crippen molar-refractivity contribution in [1.82, 2.24) is 15.1 Å². The number of amides is 1. The third-order valence-corrected chi connectivity index (χ3v) is 4.65. The smallest absolute Gasteiger partial charge is 0.251 e. The van der Waals surface area contributed by atoms with Crippen LogP contribution in [0.25, 0.3) is 5.69 Å². The maximum absolute atomic E-state index is 14.5. The molecule has 2 aromatic rings. The van der Waals surface area contributed by atoms with Gasteiger partial charge < -0.3 is 10.4 Å². The van der Waals surface area contributed by atoms with Gasteiger partial charge in [0, 0.05) is 11.3 Å². The molecule has 1 fully saturated rings. The molecule has 3 rings (SSSR count). The van der Waals surface area contributed by atoms with E-state index in [2.05, 4.69) is 10.4 Å². The molecule has 128 valence electrons. The average Bonchev–Trinajstić information content (AvgIpc) is 3.33. The Morgan fingerprint density at radius 3 is 2.62 bits per heavy atom. The van der Waals surface area contributed by atoms with E-state index in [1.165, 1.54) is 10.7 Å². The highest BCUT2D eigenvalue weighted by Gasteiger charge is 2.42. The fraction of sp³-hybridized carbons (Fsp3) is 0.444. The molecule has 1 unspecified atom stereocenters. The molecule has 1 aromatic heterocycles. The van der Waals surface area contributed by atoms with Crippen LogP contribution in [0.4, 0.5) is 4.39 Å². The number of nitrogens with zero attached hydrogens (tertiary/aromatic N) is 2. The lowest BCUT2D eigenvalue weighted by Gasteiger charge is -2.28. The molecule has 0 saturated heterocycles. The third-order valence-electron chi connectivity index (χ3n) is 4.65. The van der Waals surface area contributed by atoms with E-state index in [1.807, 2.05) is 26.8 Å². The van der Waals surface area contributed by atoms with Gasteiger partial charge in [0.05, 0.1) is 17.8 Å². The van der Waals surface area contributed by atoms with Gasteiger partial charge in [-0.15, -0.1) is 0 Å². The summed E-state index contributed by atoms with van der Waals surface area (Å²) in [7, 11) is 0. The van der Waals surface area contributed by atoms with Gasteiger partial charge >= 0.3 is 0 Å². The van der Waals surface area contributed by atoms with Gasteiger partial charge in [-0.2, -0.15) is 5.10 Å². The largest absolute Gasteiger partial charge is 0.394 e. The minimum Gasteiger partial charge on any atom is -0.394 e. The first-order valence-corrected chi connectivity index (χ1v) is 8.10. The Hall–Kier alpha value is -2.21. The monoisotopic (exact) mass is 331 g/mol. The van der Waals surface area contributed by atoms with Crippen LogP contribution in [0.15, 0.2) is 24.3 Å². The van der Waals surface area contributed by atoms with Gasteiger partial charge in [0.15, 0.2) is 0 Å². The number of carbonyl (C=O) groups excluding carboxylic acids is 1. The molecule has 1 aromatic carbocycles. The van der Waals surface area contributed by atoms with Crippen LogP contribution in [0.1, 0.15) is 41.5 Å². The SMILES string of the molecule is Cc1cc(C)n(-c2ccc(C(=O)NC(C)(CO)C3CC3)cc2F)n1. The van der Waals surface area contributed by atoms with Crippen LogP contribution in [0.3, 0.4) is 0 Å². The second-order valence-electron chi connectivity index (χ2n) is 6.81. The van der Waals surface area contributed by atoms with Crippen molar-refractivity contribution in [2.45, 2.75) is 39.2 Å². The summed E-state index contributed by atoms with van der Waals surface area (Å²) in [5.74, 6) is -0.603. The predicted octanol–water partition coefficient (Wildman–Crippen LogP) is 2.52. The van der Waals surface area contributed by atoms with E-state index in [4.69, 9.17) is 0 Å². The minimum absolute atomic E-state index is 0.129. The Morgan fingerprint density at radius 1 is 1.42 bits per heavy atom. The highest BCUT2D eigenvalue weighted by atomic mass is 19.1. The molecular weight excluding hydrogens is 309 g/mol. The van der Waals surface area contributed by atoms with Crippen molar-refractivity contribution < 1.29 is 14.3 Å². The first-order chi connectivity index (χ1) is 11.3. The Kier molecular flexibility index (Phi) is 4.17. The molecule has 0 aliphatic heterocycles. The summed E-state index contributed by atoms with van der Waals surface area (Å²) in [4.78, 5) is 12.4. The molecule has 1 aliphatic carbocycles. The van der Waals surface area contributed by atoms with Crippen molar-refractivity contribution in [2.75, 3.05) is 6.61 Å². The second kappa shape index (κ2) is 6.02. The van der Waals surface area contributed by atoms with Gasteiger partial charge in [0.25, 0.3) is 5.91 Å². The number of nitrogens with one attached hydrogen (secondary N) is 1. The van der Waals surface area contributed by atoms with Crippen LogP contribution in [-0.2, 0) is 0 Å². The van der Waals surface area contributed by atoms with Gasteiger partial charge in [-0.1, -0.05) is 0 Å². The number of hydrogen-bond acceptors (Lipinski definition) is 3. The highest BCUT2D eigenvalue weighted by Crippen LogP contribution is 2.39. The molecule has 0 spiro atoms. The molecule has 2 N–H and O–H groups in total. The lowest BCUT2D eigenvalue weighted by Crippen LogP contribution is -2.50. The fourth-order valence-electron chi connectivity index (χ4n) is 3.02. The Morgan fingerprint density at radius 2 is 2.12 bits per heavy atom. The maximum Gasteiger partial charge on any atom is 0.251 e. The number of aliphatic hydroxyl groups is 1. The Labute approximate surface area is 140 Å². The van der Waals surface area contributed by atoms with Crippen molar-refractivity contribution in [2.24, 2.45) is 5.92 Å². The summed E-state index contributed by atoms with van der Waals surface area (Å²) in [6, 6.07) is 6.21. The van der Waals surface area contributed by atoms with E-state index in [1.54, 1.807) is 12.1 Å². The average molecular weight is 331 g/mol. The van der Waals surface area contributed by atoms with Crippen LogP contribution in [0.5, 0.6) is 0 Å². The van der Waals surface area contributed by atoms with Gasteiger partial charge in [-0.25, -0.2) is 9.07 Å². The fourth-order valence-corrected chi connectivity index (χ4v) is 3.02. The summed E-state index contributed by atoms with van der Waals surface area (Å²) in [5.41, 5.74) is 1.52. The molecular formula is C18H22FN3O2. The van der Waals surface area contributed by atoms with Crippen LogP contribution >= 0.6 is 0 Å². The summed E-state index contributed by atoms with van der Waals surface area (Å²) in [5, 5.41) is 16.7. The number of halogens is 1. The van der Waals surface area contributed by atoms with Crippen molar-refractivity contribution >= 4 is 5.91 Å². The van der Waals surface area contributed by atoms with Crippen LogP contribution in [0, 0.1) is 25.6 Å². The van der Waals surface area contributed by atoms with E-state index < -0.39 is 11.4 Å². The summed E-state index contributed by atoms with van der Waals surface area (Å²) >= 11 is 0.